The molecule has 1 aliphatic heterocycles. The van der Waals surface area contributed by atoms with Crippen molar-refractivity contribution in [3.8, 4) is 0 Å². The Bertz CT molecular complexity index is 573. The standard InChI is InChI=1S/C12H12N4OS.ClH/c17-12(11-7-14-18-16-11)15-9-3-4-10-8(6-9)2-1-5-13-10;/h3-4,6-7,13H,1-2,5H2,(H,15,17);1H. The Morgan fingerprint density at radius 2 is 2.32 bits per heavy atom. The summed E-state index contributed by atoms with van der Waals surface area (Å²) in [6.07, 6.45) is 3.64. The molecule has 0 unspecified atom stereocenters. The van der Waals surface area contributed by atoms with Crippen LogP contribution in [0.2, 0.25) is 0 Å². The lowest BCUT2D eigenvalue weighted by atomic mass is 10.0. The molecular weight excluding hydrogens is 284 g/mol. The smallest absolute Gasteiger partial charge is 0.277 e. The number of amides is 1. The highest BCUT2D eigenvalue weighted by molar-refractivity contribution is 6.99. The molecule has 7 heteroatoms. The van der Waals surface area contributed by atoms with Crippen LogP contribution in [0.4, 0.5) is 11.4 Å². The van der Waals surface area contributed by atoms with Gasteiger partial charge in [-0.3, -0.25) is 4.79 Å². The van der Waals surface area contributed by atoms with Gasteiger partial charge in [0.2, 0.25) is 0 Å². The van der Waals surface area contributed by atoms with E-state index in [9.17, 15) is 4.79 Å². The van der Waals surface area contributed by atoms with E-state index in [2.05, 4.69) is 19.4 Å². The first kappa shape index (κ1) is 13.8. The molecule has 100 valence electrons. The highest BCUT2D eigenvalue weighted by atomic mass is 35.5. The Morgan fingerprint density at radius 1 is 1.42 bits per heavy atom. The first-order chi connectivity index (χ1) is 8.83. The van der Waals surface area contributed by atoms with Gasteiger partial charge >= 0.3 is 0 Å². The Hall–Kier alpha value is -1.66. The second-order valence-electron chi connectivity index (χ2n) is 4.15. The highest BCUT2D eigenvalue weighted by Gasteiger charge is 2.12. The van der Waals surface area contributed by atoms with Crippen LogP contribution in [0, 0.1) is 0 Å². The maximum atomic E-state index is 11.8. The van der Waals surface area contributed by atoms with Crippen LogP contribution >= 0.6 is 24.1 Å². The van der Waals surface area contributed by atoms with E-state index in [4.69, 9.17) is 0 Å². The number of aromatic nitrogens is 2. The van der Waals surface area contributed by atoms with Crippen molar-refractivity contribution >= 4 is 41.4 Å². The first-order valence-electron chi connectivity index (χ1n) is 5.78. The van der Waals surface area contributed by atoms with Gasteiger partial charge in [0.15, 0.2) is 5.69 Å². The number of aryl methyl sites for hydroxylation is 1. The van der Waals surface area contributed by atoms with Gasteiger partial charge in [-0.1, -0.05) is 0 Å². The summed E-state index contributed by atoms with van der Waals surface area (Å²) in [4.78, 5) is 11.8. The average molecular weight is 297 g/mol. The predicted octanol–water partition coefficient (Wildman–Crippen LogP) is 2.57. The molecule has 0 saturated carbocycles. The van der Waals surface area contributed by atoms with E-state index < -0.39 is 0 Å². The maximum absolute atomic E-state index is 11.8. The molecule has 5 nitrogen and oxygen atoms in total. The number of rotatable bonds is 2. The van der Waals surface area contributed by atoms with Crippen molar-refractivity contribution in [2.45, 2.75) is 12.8 Å². The zero-order valence-electron chi connectivity index (χ0n) is 10.0. The van der Waals surface area contributed by atoms with Crippen LogP contribution in [0.15, 0.2) is 24.4 Å². The molecule has 1 aliphatic rings. The van der Waals surface area contributed by atoms with Gasteiger partial charge in [-0.15, -0.1) is 12.4 Å². The van der Waals surface area contributed by atoms with Crippen LogP contribution in [-0.4, -0.2) is 21.2 Å². The van der Waals surface area contributed by atoms with E-state index in [1.807, 2.05) is 18.2 Å². The number of nitrogens with zero attached hydrogens (tertiary/aromatic N) is 2. The summed E-state index contributed by atoms with van der Waals surface area (Å²) in [5.41, 5.74) is 3.57. The molecular formula is C12H13ClN4OS. The lowest BCUT2D eigenvalue weighted by Gasteiger charge is -2.18. The normalized spacial score (nSPS) is 12.8. The van der Waals surface area contributed by atoms with Crippen molar-refractivity contribution < 1.29 is 4.79 Å². The van der Waals surface area contributed by atoms with Crippen LogP contribution in [0.5, 0.6) is 0 Å². The van der Waals surface area contributed by atoms with Gasteiger partial charge in [0.05, 0.1) is 17.9 Å². The summed E-state index contributed by atoms with van der Waals surface area (Å²) < 4.78 is 7.72. The van der Waals surface area contributed by atoms with Gasteiger partial charge in [-0.25, -0.2) is 0 Å². The molecule has 1 aromatic heterocycles. The minimum Gasteiger partial charge on any atom is -0.385 e. The number of nitrogens with one attached hydrogen (secondary N) is 2. The molecule has 19 heavy (non-hydrogen) atoms. The Kier molecular flexibility index (Phi) is 4.34. The average Bonchev–Trinajstić information content (AvgIpc) is 2.92. The second-order valence-corrected chi connectivity index (χ2v) is 4.71. The number of anilines is 2. The second kappa shape index (κ2) is 5.99. The third-order valence-electron chi connectivity index (χ3n) is 2.90. The lowest BCUT2D eigenvalue weighted by molar-refractivity contribution is 0.102. The number of benzene rings is 1. The summed E-state index contributed by atoms with van der Waals surface area (Å²) in [5, 5.41) is 6.17. The number of carbonyl (C=O) groups excluding carboxylic acids is 1. The number of fused-ring (bicyclic) bond motifs is 1. The molecule has 2 N–H and O–H groups in total. The molecule has 2 aromatic rings. The van der Waals surface area contributed by atoms with Gasteiger partial charge in [0, 0.05) is 17.9 Å². The summed E-state index contributed by atoms with van der Waals surface area (Å²) in [6, 6.07) is 5.91. The molecule has 3 rings (SSSR count). The molecule has 0 fully saturated rings. The third kappa shape index (κ3) is 3.02. The molecule has 1 aromatic carbocycles. The molecule has 0 atom stereocenters. The van der Waals surface area contributed by atoms with Crippen LogP contribution in [0.25, 0.3) is 0 Å². The van der Waals surface area contributed by atoms with Crippen molar-refractivity contribution in [3.63, 3.8) is 0 Å². The SMILES string of the molecule is Cl.O=C(Nc1ccc2c(c1)CCCN2)c1cnsn1. The number of hydrogen-bond acceptors (Lipinski definition) is 5. The van der Waals surface area contributed by atoms with Crippen LogP contribution < -0.4 is 10.6 Å². The topological polar surface area (TPSA) is 66.9 Å². The monoisotopic (exact) mass is 296 g/mol. The number of hydrogen-bond donors (Lipinski definition) is 2. The van der Waals surface area contributed by atoms with Crippen LogP contribution in [0.1, 0.15) is 22.5 Å². The fourth-order valence-electron chi connectivity index (χ4n) is 2.01. The van der Waals surface area contributed by atoms with E-state index in [0.717, 1.165) is 42.5 Å². The number of halogens is 1. The van der Waals surface area contributed by atoms with Gasteiger partial charge < -0.3 is 10.6 Å². The quantitative estimate of drug-likeness (QED) is 0.894. The third-order valence-corrected chi connectivity index (χ3v) is 3.37. The van der Waals surface area contributed by atoms with E-state index in [0.29, 0.717) is 5.69 Å². The van der Waals surface area contributed by atoms with Crippen molar-refractivity contribution in [2.24, 2.45) is 0 Å². The minimum atomic E-state index is -0.215. The molecule has 0 radical (unpaired) electrons. The summed E-state index contributed by atoms with van der Waals surface area (Å²) in [6.45, 7) is 1.02. The van der Waals surface area contributed by atoms with Crippen molar-refractivity contribution in [1.29, 1.82) is 0 Å². The molecule has 0 aliphatic carbocycles. The number of carbonyl (C=O) groups is 1. The lowest BCUT2D eigenvalue weighted by Crippen LogP contribution is -2.14. The maximum Gasteiger partial charge on any atom is 0.277 e. The van der Waals surface area contributed by atoms with Crippen molar-refractivity contribution in [2.75, 3.05) is 17.2 Å². The summed E-state index contributed by atoms with van der Waals surface area (Å²) in [5.74, 6) is -0.215. The minimum absolute atomic E-state index is 0. The molecule has 0 spiro atoms. The largest absolute Gasteiger partial charge is 0.385 e. The van der Waals surface area contributed by atoms with Crippen LogP contribution in [-0.2, 0) is 6.42 Å². The van der Waals surface area contributed by atoms with E-state index in [1.54, 1.807) is 0 Å². The van der Waals surface area contributed by atoms with E-state index >= 15 is 0 Å². The zero-order valence-corrected chi connectivity index (χ0v) is 11.7. The Labute approximate surface area is 121 Å². The van der Waals surface area contributed by atoms with E-state index in [1.165, 1.54) is 11.8 Å². The molecule has 1 amide bonds. The summed E-state index contributed by atoms with van der Waals surface area (Å²) in [7, 11) is 0. The predicted molar refractivity (Wildman–Crippen MR) is 78.4 cm³/mol. The molecule has 2 heterocycles. The van der Waals surface area contributed by atoms with Gasteiger partial charge in [-0.2, -0.15) is 8.75 Å². The first-order valence-corrected chi connectivity index (χ1v) is 6.52. The fraction of sp³-hybridized carbons (Fsp3) is 0.250. The highest BCUT2D eigenvalue weighted by Crippen LogP contribution is 2.25. The van der Waals surface area contributed by atoms with Gasteiger partial charge in [-0.05, 0) is 36.6 Å². The summed E-state index contributed by atoms with van der Waals surface area (Å²) >= 11 is 1.03. The Morgan fingerprint density at radius 3 is 3.11 bits per heavy atom. The van der Waals surface area contributed by atoms with Gasteiger partial charge in [0.25, 0.3) is 5.91 Å². The van der Waals surface area contributed by atoms with Gasteiger partial charge in [0.1, 0.15) is 0 Å². The van der Waals surface area contributed by atoms with Crippen molar-refractivity contribution in [1.82, 2.24) is 8.75 Å². The Balaban J connectivity index is 0.00000133. The van der Waals surface area contributed by atoms with Crippen LogP contribution in [0.3, 0.4) is 0 Å². The molecule has 0 bridgehead atoms. The molecule has 0 saturated heterocycles. The van der Waals surface area contributed by atoms with E-state index in [-0.39, 0.29) is 18.3 Å². The van der Waals surface area contributed by atoms with Crippen molar-refractivity contribution in [3.05, 3.63) is 35.7 Å². The fourth-order valence-corrected chi connectivity index (χ4v) is 2.42. The zero-order chi connectivity index (χ0) is 12.4.